The highest BCUT2D eigenvalue weighted by Gasteiger charge is 2.53. The molecule has 2 atom stereocenters. The molecule has 1 aromatic heterocycles. The number of carbonyl (C=O) groups excluding carboxylic acids is 1. The van der Waals surface area contributed by atoms with E-state index in [0.29, 0.717) is 11.3 Å². The van der Waals surface area contributed by atoms with Gasteiger partial charge in [0.25, 0.3) is 5.91 Å². The zero-order valence-electron chi connectivity index (χ0n) is 11.6. The molecule has 2 aromatic rings. The Morgan fingerprint density at radius 1 is 1.50 bits per heavy atom. The van der Waals surface area contributed by atoms with Gasteiger partial charge in [0, 0.05) is 12.8 Å². The SMILES string of the molecule is Cn1nnc2cc(C=C3C(=O)N4C(C(=O)O)CS[C@H]34)ccc21. The van der Waals surface area contributed by atoms with Gasteiger partial charge in [-0.25, -0.2) is 9.48 Å². The Bertz CT molecular complexity index is 844. The van der Waals surface area contributed by atoms with E-state index in [9.17, 15) is 9.59 Å². The number of aromatic nitrogens is 3. The van der Waals surface area contributed by atoms with E-state index >= 15 is 0 Å². The second-order valence-electron chi connectivity index (χ2n) is 5.31. The normalized spacial score (nSPS) is 25.6. The van der Waals surface area contributed by atoms with E-state index in [1.165, 1.54) is 16.7 Å². The molecular weight excluding hydrogens is 304 g/mol. The van der Waals surface area contributed by atoms with Crippen LogP contribution in [0.3, 0.4) is 0 Å². The molecule has 0 spiro atoms. The summed E-state index contributed by atoms with van der Waals surface area (Å²) in [6, 6.07) is 4.98. The first-order valence-electron chi connectivity index (χ1n) is 6.74. The summed E-state index contributed by atoms with van der Waals surface area (Å²) in [5.74, 6) is -0.697. The molecule has 22 heavy (non-hydrogen) atoms. The van der Waals surface area contributed by atoms with Gasteiger partial charge in [-0.15, -0.1) is 16.9 Å². The number of carbonyl (C=O) groups is 2. The quantitative estimate of drug-likeness (QED) is 0.649. The molecule has 4 rings (SSSR count). The van der Waals surface area contributed by atoms with Crippen LogP contribution in [-0.4, -0.2) is 54.0 Å². The highest BCUT2D eigenvalue weighted by atomic mass is 32.2. The number of fused-ring (bicyclic) bond motifs is 2. The summed E-state index contributed by atoms with van der Waals surface area (Å²) in [6.45, 7) is 0. The number of benzene rings is 1. The Hall–Kier alpha value is -2.35. The van der Waals surface area contributed by atoms with Crippen LogP contribution >= 0.6 is 11.8 Å². The smallest absolute Gasteiger partial charge is 0.327 e. The second kappa shape index (κ2) is 4.57. The number of thioether (sulfide) groups is 1. The van der Waals surface area contributed by atoms with Crippen LogP contribution in [0, 0.1) is 0 Å². The Morgan fingerprint density at radius 2 is 2.32 bits per heavy atom. The van der Waals surface area contributed by atoms with Crippen molar-refractivity contribution in [2.24, 2.45) is 7.05 Å². The standard InChI is InChI=1S/C14H12N4O3S/c1-17-10-3-2-7(5-9(10)15-16-17)4-8-12(19)18-11(14(20)21)6-22-13(8)18/h2-5,11,13H,6H2,1H3,(H,20,21)/t11?,13-/m1/s1. The topological polar surface area (TPSA) is 88.3 Å². The molecule has 112 valence electrons. The van der Waals surface area contributed by atoms with E-state index in [2.05, 4.69) is 10.3 Å². The molecule has 2 saturated heterocycles. The van der Waals surface area contributed by atoms with Crippen molar-refractivity contribution >= 4 is 40.7 Å². The van der Waals surface area contributed by atoms with Crippen LogP contribution in [0.5, 0.6) is 0 Å². The Kier molecular flexibility index (Phi) is 2.77. The van der Waals surface area contributed by atoms with Gasteiger partial charge >= 0.3 is 5.97 Å². The monoisotopic (exact) mass is 316 g/mol. The number of carboxylic acids is 1. The number of nitrogens with zero attached hydrogens (tertiary/aromatic N) is 4. The predicted octanol–water partition coefficient (Wildman–Crippen LogP) is 0.720. The Labute approximate surface area is 129 Å². The van der Waals surface area contributed by atoms with Gasteiger partial charge in [0.05, 0.1) is 11.1 Å². The molecule has 2 aliphatic heterocycles. The fourth-order valence-electron chi connectivity index (χ4n) is 2.83. The average Bonchev–Trinajstić information content (AvgIpc) is 3.06. The third-order valence-electron chi connectivity index (χ3n) is 3.99. The molecule has 3 heterocycles. The molecule has 1 amide bonds. The Balaban J connectivity index is 1.66. The van der Waals surface area contributed by atoms with E-state index in [4.69, 9.17) is 5.11 Å². The van der Waals surface area contributed by atoms with Crippen LogP contribution in [0.15, 0.2) is 23.8 Å². The summed E-state index contributed by atoms with van der Waals surface area (Å²) in [7, 11) is 1.82. The largest absolute Gasteiger partial charge is 0.480 e. The number of aryl methyl sites for hydroxylation is 1. The van der Waals surface area contributed by atoms with Gasteiger partial charge in [-0.2, -0.15) is 0 Å². The van der Waals surface area contributed by atoms with Gasteiger partial charge in [0.2, 0.25) is 0 Å². The first-order valence-corrected chi connectivity index (χ1v) is 7.79. The van der Waals surface area contributed by atoms with E-state index in [0.717, 1.165) is 16.6 Å². The maximum Gasteiger partial charge on any atom is 0.327 e. The molecule has 2 aliphatic rings. The summed E-state index contributed by atoms with van der Waals surface area (Å²) in [5.41, 5.74) is 3.21. The molecule has 1 N–H and O–H groups in total. The first-order chi connectivity index (χ1) is 10.6. The highest BCUT2D eigenvalue weighted by molar-refractivity contribution is 8.00. The number of hydrogen-bond acceptors (Lipinski definition) is 5. The molecular formula is C14H12N4O3S. The van der Waals surface area contributed by atoms with Crippen molar-refractivity contribution in [2.75, 3.05) is 5.75 Å². The second-order valence-corrected chi connectivity index (χ2v) is 6.43. The summed E-state index contributed by atoms with van der Waals surface area (Å²) < 4.78 is 1.69. The van der Waals surface area contributed by atoms with Crippen molar-refractivity contribution in [3.05, 3.63) is 29.3 Å². The van der Waals surface area contributed by atoms with Crippen LogP contribution in [0.2, 0.25) is 0 Å². The van der Waals surface area contributed by atoms with Gasteiger partial charge in [-0.3, -0.25) is 4.79 Å². The number of amides is 1. The fourth-order valence-corrected chi connectivity index (χ4v) is 4.25. The summed E-state index contributed by atoms with van der Waals surface area (Å²) in [6.07, 6.45) is 1.81. The Morgan fingerprint density at radius 3 is 3.09 bits per heavy atom. The van der Waals surface area contributed by atoms with Gasteiger partial charge in [-0.1, -0.05) is 11.3 Å². The van der Waals surface area contributed by atoms with Crippen LogP contribution in [0.25, 0.3) is 17.1 Å². The molecule has 0 saturated carbocycles. The maximum absolute atomic E-state index is 12.2. The van der Waals surface area contributed by atoms with Gasteiger partial charge in [-0.05, 0) is 23.8 Å². The van der Waals surface area contributed by atoms with Gasteiger partial charge in [0.15, 0.2) is 0 Å². The van der Waals surface area contributed by atoms with Crippen molar-refractivity contribution in [3.63, 3.8) is 0 Å². The lowest BCUT2D eigenvalue weighted by Crippen LogP contribution is -2.56. The number of rotatable bonds is 2. The molecule has 1 unspecified atom stereocenters. The highest BCUT2D eigenvalue weighted by Crippen LogP contribution is 2.43. The van der Waals surface area contributed by atoms with Crippen molar-refractivity contribution in [1.82, 2.24) is 19.9 Å². The van der Waals surface area contributed by atoms with Crippen LogP contribution in [0.1, 0.15) is 5.56 Å². The van der Waals surface area contributed by atoms with Crippen LogP contribution in [0.4, 0.5) is 0 Å². The lowest BCUT2D eigenvalue weighted by molar-refractivity contribution is -0.150. The summed E-state index contributed by atoms with van der Waals surface area (Å²) in [4.78, 5) is 24.7. The molecule has 0 bridgehead atoms. The zero-order valence-corrected chi connectivity index (χ0v) is 12.4. The average molecular weight is 316 g/mol. The predicted molar refractivity (Wildman–Crippen MR) is 81.0 cm³/mol. The number of β-lactam (4-membered cyclic amide) rings is 1. The summed E-state index contributed by atoms with van der Waals surface area (Å²) in [5, 5.41) is 17.0. The van der Waals surface area contributed by atoms with E-state index in [-0.39, 0.29) is 11.3 Å². The number of carboxylic acid groups (broad SMARTS) is 1. The van der Waals surface area contributed by atoms with Crippen molar-refractivity contribution in [1.29, 1.82) is 0 Å². The molecule has 2 fully saturated rings. The van der Waals surface area contributed by atoms with Crippen molar-refractivity contribution in [3.8, 4) is 0 Å². The maximum atomic E-state index is 12.2. The van der Waals surface area contributed by atoms with E-state index < -0.39 is 12.0 Å². The lowest BCUT2D eigenvalue weighted by Gasteiger charge is -2.38. The number of hydrogen-bond donors (Lipinski definition) is 1. The minimum atomic E-state index is -0.941. The van der Waals surface area contributed by atoms with E-state index in [1.807, 2.05) is 31.3 Å². The molecule has 1 aromatic carbocycles. The summed E-state index contributed by atoms with van der Waals surface area (Å²) >= 11 is 1.49. The lowest BCUT2D eigenvalue weighted by atomic mass is 10.00. The number of aliphatic carboxylic acids is 1. The molecule has 7 nitrogen and oxygen atoms in total. The van der Waals surface area contributed by atoms with Gasteiger partial charge in [0.1, 0.15) is 16.9 Å². The molecule has 8 heteroatoms. The minimum absolute atomic E-state index is 0.147. The fraction of sp³-hybridized carbons (Fsp3) is 0.286. The molecule has 0 aliphatic carbocycles. The third-order valence-corrected chi connectivity index (χ3v) is 5.29. The first kappa shape index (κ1) is 13.3. The molecule has 0 radical (unpaired) electrons. The minimum Gasteiger partial charge on any atom is -0.480 e. The van der Waals surface area contributed by atoms with Crippen LogP contribution < -0.4 is 0 Å². The van der Waals surface area contributed by atoms with Gasteiger partial charge < -0.3 is 10.0 Å². The van der Waals surface area contributed by atoms with Crippen LogP contribution in [-0.2, 0) is 16.6 Å². The zero-order chi connectivity index (χ0) is 15.4. The van der Waals surface area contributed by atoms with E-state index in [1.54, 1.807) is 4.68 Å². The van der Waals surface area contributed by atoms with Crippen molar-refractivity contribution in [2.45, 2.75) is 11.4 Å². The van der Waals surface area contributed by atoms with Crippen molar-refractivity contribution < 1.29 is 14.7 Å². The third kappa shape index (κ3) is 1.77.